The quantitative estimate of drug-likeness (QED) is 0.0825. The van der Waals surface area contributed by atoms with Gasteiger partial charge in [0.15, 0.2) is 29.0 Å². The molecule has 1 saturated carbocycles. The molecule has 3 nitrogen and oxygen atoms in total. The molecule has 40 heavy (non-hydrogen) atoms. The fraction of sp³-hybridized carbons (Fsp3) is 0.552. The van der Waals surface area contributed by atoms with E-state index in [9.17, 15) is 39.9 Å². The van der Waals surface area contributed by atoms with E-state index in [1.165, 1.54) is 0 Å². The second-order valence-electron chi connectivity index (χ2n) is 10.1. The van der Waals surface area contributed by atoms with Crippen molar-refractivity contribution in [2.75, 3.05) is 6.61 Å². The number of esters is 1. The average Bonchev–Trinajstić information content (AvgIpc) is 2.96. The summed E-state index contributed by atoms with van der Waals surface area (Å²) in [6.45, 7) is 3.69. The maximum atomic E-state index is 14.9. The molecule has 0 amide bonds. The topological polar surface area (TPSA) is 35.5 Å². The van der Waals surface area contributed by atoms with Gasteiger partial charge in [0.05, 0.1) is 23.7 Å². The van der Waals surface area contributed by atoms with Gasteiger partial charge in [-0.2, -0.15) is 17.6 Å². The lowest BCUT2D eigenvalue weighted by molar-refractivity contribution is -0.140. The van der Waals surface area contributed by atoms with E-state index >= 15 is 0 Å². The molecule has 0 atom stereocenters. The SMILES string of the molecule is CCCCCCCCOc1c(F)c(F)c(-c2c(F)c(F)c(OC(=O)[C@H]3CC[C@H](CC)CC3)c(F)c2F)c(F)c1F. The highest BCUT2D eigenvalue weighted by atomic mass is 19.2. The minimum atomic E-state index is -2.39. The Hall–Kier alpha value is -2.85. The van der Waals surface area contributed by atoms with Gasteiger partial charge in [0.1, 0.15) is 0 Å². The van der Waals surface area contributed by atoms with Gasteiger partial charge >= 0.3 is 5.97 Å². The standard InChI is InChI=1S/C29H32F8O3/c1-3-5-6-7-8-9-14-39-27-23(34)19(30)17(20(31)24(27)35)18-21(32)25(36)28(26(37)22(18)33)40-29(38)16-12-10-15(4-2)11-13-16/h15-16H,3-14H2,1-2H3/t15-,16-. The van der Waals surface area contributed by atoms with Crippen molar-refractivity contribution in [2.24, 2.45) is 11.8 Å². The molecule has 1 fully saturated rings. The normalized spacial score (nSPS) is 17.2. The third kappa shape index (κ3) is 6.71. The van der Waals surface area contributed by atoms with Crippen LogP contribution in [0, 0.1) is 58.4 Å². The first kappa shape index (κ1) is 31.7. The molecular formula is C29H32F8O3. The number of benzene rings is 2. The summed E-state index contributed by atoms with van der Waals surface area (Å²) in [7, 11) is 0. The average molecular weight is 581 g/mol. The van der Waals surface area contributed by atoms with Crippen molar-refractivity contribution in [2.45, 2.75) is 84.5 Å². The highest BCUT2D eigenvalue weighted by Gasteiger charge is 2.37. The van der Waals surface area contributed by atoms with Gasteiger partial charge in [0, 0.05) is 0 Å². The van der Waals surface area contributed by atoms with E-state index in [1.807, 2.05) is 13.8 Å². The van der Waals surface area contributed by atoms with E-state index in [1.54, 1.807) is 0 Å². The lowest BCUT2D eigenvalue weighted by Gasteiger charge is -2.26. The van der Waals surface area contributed by atoms with E-state index < -0.39 is 81.1 Å². The number of carbonyl (C=O) groups excluding carboxylic acids is 1. The minimum absolute atomic E-state index is 0.301. The van der Waals surface area contributed by atoms with Crippen LogP contribution in [0.5, 0.6) is 11.5 Å². The number of carbonyl (C=O) groups is 1. The fourth-order valence-corrected chi connectivity index (χ4v) is 4.93. The Morgan fingerprint density at radius 3 is 1.55 bits per heavy atom. The Balaban J connectivity index is 1.88. The smallest absolute Gasteiger partial charge is 0.314 e. The minimum Gasteiger partial charge on any atom is -0.487 e. The van der Waals surface area contributed by atoms with Crippen LogP contribution in [-0.4, -0.2) is 12.6 Å². The first-order chi connectivity index (χ1) is 19.0. The van der Waals surface area contributed by atoms with Crippen LogP contribution in [0.1, 0.15) is 84.5 Å². The first-order valence-electron chi connectivity index (χ1n) is 13.6. The largest absolute Gasteiger partial charge is 0.487 e. The molecule has 1 aliphatic rings. The number of rotatable bonds is 12. The van der Waals surface area contributed by atoms with Gasteiger partial charge in [0.25, 0.3) is 0 Å². The van der Waals surface area contributed by atoms with E-state index in [0.717, 1.165) is 32.1 Å². The molecule has 0 radical (unpaired) electrons. The Bertz CT molecular complexity index is 1150. The number of halogens is 8. The molecule has 222 valence electrons. The van der Waals surface area contributed by atoms with Crippen molar-refractivity contribution in [3.63, 3.8) is 0 Å². The van der Waals surface area contributed by atoms with Gasteiger partial charge in [-0.3, -0.25) is 4.79 Å². The van der Waals surface area contributed by atoms with Gasteiger partial charge in [-0.05, 0) is 38.0 Å². The van der Waals surface area contributed by atoms with Crippen LogP contribution in [0.15, 0.2) is 0 Å². The fourth-order valence-electron chi connectivity index (χ4n) is 4.93. The van der Waals surface area contributed by atoms with Crippen molar-refractivity contribution in [3.05, 3.63) is 46.5 Å². The highest BCUT2D eigenvalue weighted by molar-refractivity contribution is 5.76. The summed E-state index contributed by atoms with van der Waals surface area (Å²) in [6, 6.07) is 0. The van der Waals surface area contributed by atoms with Gasteiger partial charge in [-0.25, -0.2) is 17.6 Å². The first-order valence-corrected chi connectivity index (χ1v) is 13.6. The Kier molecular flexibility index (Phi) is 11.2. The van der Waals surface area contributed by atoms with Crippen LogP contribution in [0.3, 0.4) is 0 Å². The zero-order chi connectivity index (χ0) is 29.6. The summed E-state index contributed by atoms with van der Waals surface area (Å²) >= 11 is 0. The number of unbranched alkanes of at least 4 members (excludes halogenated alkanes) is 5. The Morgan fingerprint density at radius 1 is 0.625 bits per heavy atom. The predicted octanol–water partition coefficient (Wildman–Crippen LogP) is 9.33. The molecule has 11 heteroatoms. The maximum absolute atomic E-state index is 14.9. The van der Waals surface area contributed by atoms with Gasteiger partial charge in [-0.15, -0.1) is 0 Å². The Labute approximate surface area is 227 Å². The van der Waals surface area contributed by atoms with Crippen molar-refractivity contribution >= 4 is 5.97 Å². The molecule has 0 aliphatic heterocycles. The molecule has 0 N–H and O–H groups in total. The second-order valence-corrected chi connectivity index (χ2v) is 10.1. The molecule has 0 aromatic heterocycles. The molecule has 0 spiro atoms. The summed E-state index contributed by atoms with van der Waals surface area (Å²) in [6.07, 6.45) is 7.53. The molecule has 0 saturated heterocycles. The van der Waals surface area contributed by atoms with E-state index in [4.69, 9.17) is 4.74 Å². The third-order valence-corrected chi connectivity index (χ3v) is 7.40. The van der Waals surface area contributed by atoms with Crippen molar-refractivity contribution < 1.29 is 49.4 Å². The molecule has 0 unspecified atom stereocenters. The van der Waals surface area contributed by atoms with E-state index in [2.05, 4.69) is 4.74 Å². The molecule has 2 aromatic rings. The van der Waals surface area contributed by atoms with Crippen LogP contribution < -0.4 is 9.47 Å². The zero-order valence-corrected chi connectivity index (χ0v) is 22.4. The summed E-state index contributed by atoms with van der Waals surface area (Å²) in [5.41, 5.74) is -4.04. The second kappa shape index (κ2) is 14.2. The number of ether oxygens (including phenoxy) is 2. The predicted molar refractivity (Wildman–Crippen MR) is 132 cm³/mol. The van der Waals surface area contributed by atoms with E-state index in [-0.39, 0.29) is 6.61 Å². The lowest BCUT2D eigenvalue weighted by atomic mass is 9.81. The monoisotopic (exact) mass is 580 g/mol. The zero-order valence-electron chi connectivity index (χ0n) is 22.4. The van der Waals surface area contributed by atoms with Crippen LogP contribution in [0.4, 0.5) is 35.1 Å². The summed E-state index contributed by atoms with van der Waals surface area (Å²) in [5, 5.41) is 0. The summed E-state index contributed by atoms with van der Waals surface area (Å²) in [4.78, 5) is 12.4. The molecule has 0 heterocycles. The summed E-state index contributed by atoms with van der Waals surface area (Å²) in [5.74, 6) is -23.0. The van der Waals surface area contributed by atoms with Crippen LogP contribution in [-0.2, 0) is 4.79 Å². The van der Waals surface area contributed by atoms with Crippen molar-refractivity contribution in [1.29, 1.82) is 0 Å². The molecule has 0 bridgehead atoms. The van der Waals surface area contributed by atoms with Crippen LogP contribution in [0.25, 0.3) is 11.1 Å². The van der Waals surface area contributed by atoms with Crippen LogP contribution in [0.2, 0.25) is 0 Å². The number of hydrogen-bond acceptors (Lipinski definition) is 3. The number of hydrogen-bond donors (Lipinski definition) is 0. The van der Waals surface area contributed by atoms with E-state index in [0.29, 0.717) is 44.4 Å². The lowest BCUT2D eigenvalue weighted by Crippen LogP contribution is -2.26. The van der Waals surface area contributed by atoms with Crippen LogP contribution >= 0.6 is 0 Å². The molecule has 2 aromatic carbocycles. The molecule has 3 rings (SSSR count). The highest BCUT2D eigenvalue weighted by Crippen LogP contribution is 2.42. The molecular weight excluding hydrogens is 548 g/mol. The van der Waals surface area contributed by atoms with Gasteiger partial charge < -0.3 is 9.47 Å². The summed E-state index contributed by atoms with van der Waals surface area (Å²) < 4.78 is 128. The maximum Gasteiger partial charge on any atom is 0.314 e. The molecule has 1 aliphatic carbocycles. The van der Waals surface area contributed by atoms with Crippen molar-refractivity contribution in [1.82, 2.24) is 0 Å². The van der Waals surface area contributed by atoms with Gasteiger partial charge in [-0.1, -0.05) is 52.4 Å². The Morgan fingerprint density at radius 2 is 1.07 bits per heavy atom. The van der Waals surface area contributed by atoms with Gasteiger partial charge in [0.2, 0.25) is 29.0 Å². The van der Waals surface area contributed by atoms with Crippen molar-refractivity contribution in [3.8, 4) is 22.6 Å². The third-order valence-electron chi connectivity index (χ3n) is 7.40.